The molecule has 1 aromatic heterocycles. The zero-order valence-corrected chi connectivity index (χ0v) is 15.9. The number of piperazine rings is 1. The third-order valence-electron chi connectivity index (χ3n) is 5.48. The maximum atomic E-state index is 13.0. The van der Waals surface area contributed by atoms with E-state index in [1.54, 1.807) is 0 Å². The number of anilines is 1. The number of amides is 1. The Morgan fingerprint density at radius 3 is 2.56 bits per heavy atom. The lowest BCUT2D eigenvalue weighted by atomic mass is 10.1. The van der Waals surface area contributed by atoms with Crippen LogP contribution in [0.3, 0.4) is 0 Å². The van der Waals surface area contributed by atoms with Crippen molar-refractivity contribution in [3.63, 3.8) is 0 Å². The first-order valence-corrected chi connectivity index (χ1v) is 10.0. The van der Waals surface area contributed by atoms with Crippen LogP contribution in [-0.2, 0) is 12.8 Å². The van der Waals surface area contributed by atoms with Gasteiger partial charge < -0.3 is 19.1 Å². The third kappa shape index (κ3) is 3.80. The van der Waals surface area contributed by atoms with Gasteiger partial charge in [-0.2, -0.15) is 0 Å². The van der Waals surface area contributed by atoms with Crippen molar-refractivity contribution in [3.8, 4) is 5.75 Å². The Morgan fingerprint density at radius 1 is 1.07 bits per heavy atom. The molecule has 0 atom stereocenters. The molecule has 27 heavy (non-hydrogen) atoms. The Hall–Kier alpha value is -2.50. The number of nitrogens with zero attached hydrogens (tertiary/aromatic N) is 3. The summed E-state index contributed by atoms with van der Waals surface area (Å²) in [5.41, 5.74) is 2.76. The van der Waals surface area contributed by atoms with Crippen molar-refractivity contribution in [1.82, 2.24) is 10.1 Å². The Bertz CT molecular complexity index is 776. The summed E-state index contributed by atoms with van der Waals surface area (Å²) in [5, 5.41) is 4.13. The molecule has 1 aliphatic heterocycles. The van der Waals surface area contributed by atoms with E-state index in [9.17, 15) is 4.79 Å². The van der Waals surface area contributed by atoms with Crippen LogP contribution in [0, 0.1) is 0 Å². The number of aryl methyl sites for hydroxylation is 1. The van der Waals surface area contributed by atoms with Crippen LogP contribution in [-0.4, -0.2) is 48.7 Å². The maximum absolute atomic E-state index is 13.0. The van der Waals surface area contributed by atoms with E-state index in [-0.39, 0.29) is 5.91 Å². The number of hydrogen-bond donors (Lipinski definition) is 0. The molecule has 6 heteroatoms. The number of hydrogen-bond acceptors (Lipinski definition) is 5. The minimum atomic E-state index is 0.0215. The van der Waals surface area contributed by atoms with Crippen molar-refractivity contribution in [1.29, 1.82) is 0 Å². The van der Waals surface area contributed by atoms with Gasteiger partial charge in [0.2, 0.25) is 0 Å². The number of aromatic nitrogens is 1. The number of rotatable bonds is 4. The summed E-state index contributed by atoms with van der Waals surface area (Å²) < 4.78 is 11.0. The topological polar surface area (TPSA) is 58.8 Å². The van der Waals surface area contributed by atoms with E-state index in [0.29, 0.717) is 25.4 Å². The Labute approximate surface area is 160 Å². The molecule has 2 aliphatic rings. The highest BCUT2D eigenvalue weighted by Gasteiger charge is 2.29. The van der Waals surface area contributed by atoms with Crippen LogP contribution in [0.2, 0.25) is 0 Å². The molecule has 1 amide bonds. The molecule has 0 unspecified atom stereocenters. The Morgan fingerprint density at radius 2 is 1.81 bits per heavy atom. The van der Waals surface area contributed by atoms with Crippen molar-refractivity contribution in [2.24, 2.45) is 0 Å². The van der Waals surface area contributed by atoms with Gasteiger partial charge in [-0.3, -0.25) is 4.79 Å². The molecule has 0 N–H and O–H groups in total. The quantitative estimate of drug-likeness (QED) is 0.774. The van der Waals surface area contributed by atoms with Gasteiger partial charge in [0.15, 0.2) is 5.69 Å². The molecule has 6 nitrogen and oxygen atoms in total. The molecular formula is C21H27N3O3. The van der Waals surface area contributed by atoms with Gasteiger partial charge in [0, 0.05) is 43.9 Å². The molecule has 0 saturated carbocycles. The van der Waals surface area contributed by atoms with Crippen LogP contribution in [0.5, 0.6) is 5.75 Å². The van der Waals surface area contributed by atoms with Gasteiger partial charge >= 0.3 is 0 Å². The minimum absolute atomic E-state index is 0.0215. The summed E-state index contributed by atoms with van der Waals surface area (Å²) in [6.07, 6.45) is 5.24. The minimum Gasteiger partial charge on any atom is -0.494 e. The number of ether oxygens (including phenoxy) is 1. The van der Waals surface area contributed by atoms with Crippen LogP contribution in [0.4, 0.5) is 5.69 Å². The lowest BCUT2D eigenvalue weighted by Crippen LogP contribution is -2.49. The van der Waals surface area contributed by atoms with Gasteiger partial charge in [0.25, 0.3) is 5.91 Å². The molecule has 1 saturated heterocycles. The first-order valence-electron chi connectivity index (χ1n) is 10.0. The molecule has 1 fully saturated rings. The SMILES string of the molecule is CCOc1ccc(N2CCN(C(=O)c3noc4c3CCCCC4)CC2)cc1. The summed E-state index contributed by atoms with van der Waals surface area (Å²) in [6, 6.07) is 8.17. The molecule has 2 heterocycles. The monoisotopic (exact) mass is 369 g/mol. The molecule has 0 spiro atoms. The highest BCUT2D eigenvalue weighted by Crippen LogP contribution is 2.26. The second-order valence-electron chi connectivity index (χ2n) is 7.20. The van der Waals surface area contributed by atoms with Gasteiger partial charge in [0.1, 0.15) is 11.5 Å². The molecule has 4 rings (SSSR count). The maximum Gasteiger partial charge on any atom is 0.276 e. The predicted molar refractivity (Wildman–Crippen MR) is 103 cm³/mol. The van der Waals surface area contributed by atoms with Crippen molar-refractivity contribution < 1.29 is 14.1 Å². The predicted octanol–water partition coefficient (Wildman–Crippen LogP) is 3.30. The second-order valence-corrected chi connectivity index (χ2v) is 7.20. The van der Waals surface area contributed by atoms with Crippen LogP contribution in [0.25, 0.3) is 0 Å². The molecule has 0 bridgehead atoms. The number of fused-ring (bicyclic) bond motifs is 1. The van der Waals surface area contributed by atoms with Crippen LogP contribution >= 0.6 is 0 Å². The standard InChI is InChI=1S/C21H27N3O3/c1-2-26-17-10-8-16(9-11-17)23-12-14-24(15-13-23)21(25)20-18-6-4-3-5-7-19(18)27-22-20/h8-11H,2-7,12-15H2,1H3. The molecule has 0 radical (unpaired) electrons. The summed E-state index contributed by atoms with van der Waals surface area (Å²) >= 11 is 0. The van der Waals surface area contributed by atoms with Gasteiger partial charge in [-0.05, 0) is 50.5 Å². The number of carbonyl (C=O) groups is 1. The van der Waals surface area contributed by atoms with Crippen molar-refractivity contribution in [3.05, 3.63) is 41.3 Å². The Balaban J connectivity index is 1.39. The van der Waals surface area contributed by atoms with E-state index in [0.717, 1.165) is 55.8 Å². The smallest absolute Gasteiger partial charge is 0.276 e. The molecule has 2 aromatic rings. The largest absolute Gasteiger partial charge is 0.494 e. The van der Waals surface area contributed by atoms with Crippen molar-refractivity contribution in [2.75, 3.05) is 37.7 Å². The lowest BCUT2D eigenvalue weighted by Gasteiger charge is -2.36. The second kappa shape index (κ2) is 8.03. The van der Waals surface area contributed by atoms with E-state index in [2.05, 4.69) is 22.2 Å². The van der Waals surface area contributed by atoms with E-state index in [1.165, 1.54) is 12.1 Å². The summed E-state index contributed by atoms with van der Waals surface area (Å²) in [7, 11) is 0. The molecule has 144 valence electrons. The van der Waals surface area contributed by atoms with Gasteiger partial charge in [-0.1, -0.05) is 11.6 Å². The highest BCUT2D eigenvalue weighted by atomic mass is 16.5. The van der Waals surface area contributed by atoms with Crippen LogP contribution < -0.4 is 9.64 Å². The van der Waals surface area contributed by atoms with Gasteiger partial charge in [-0.15, -0.1) is 0 Å². The zero-order valence-electron chi connectivity index (χ0n) is 15.9. The Kier molecular flexibility index (Phi) is 5.32. The van der Waals surface area contributed by atoms with Crippen molar-refractivity contribution in [2.45, 2.75) is 39.0 Å². The average molecular weight is 369 g/mol. The highest BCUT2D eigenvalue weighted by molar-refractivity contribution is 5.94. The van der Waals surface area contributed by atoms with E-state index >= 15 is 0 Å². The van der Waals surface area contributed by atoms with E-state index in [1.807, 2.05) is 24.0 Å². The lowest BCUT2D eigenvalue weighted by molar-refractivity contribution is 0.0735. The van der Waals surface area contributed by atoms with Gasteiger partial charge in [-0.25, -0.2) is 0 Å². The van der Waals surface area contributed by atoms with Crippen LogP contribution in [0.15, 0.2) is 28.8 Å². The fraction of sp³-hybridized carbons (Fsp3) is 0.524. The fourth-order valence-corrected chi connectivity index (χ4v) is 3.97. The summed E-state index contributed by atoms with van der Waals surface area (Å²) in [4.78, 5) is 17.2. The number of carbonyl (C=O) groups excluding carboxylic acids is 1. The fourth-order valence-electron chi connectivity index (χ4n) is 3.97. The third-order valence-corrected chi connectivity index (χ3v) is 5.48. The summed E-state index contributed by atoms with van der Waals surface area (Å²) in [6.45, 7) is 5.70. The first-order chi connectivity index (χ1) is 13.3. The average Bonchev–Trinajstić information content (AvgIpc) is 2.96. The molecule has 1 aliphatic carbocycles. The number of benzene rings is 1. The summed E-state index contributed by atoms with van der Waals surface area (Å²) in [5.74, 6) is 1.83. The van der Waals surface area contributed by atoms with Crippen LogP contribution in [0.1, 0.15) is 48.0 Å². The zero-order chi connectivity index (χ0) is 18.6. The molecule has 1 aromatic carbocycles. The molecular weight excluding hydrogens is 342 g/mol. The van der Waals surface area contributed by atoms with Crippen molar-refractivity contribution >= 4 is 11.6 Å². The van der Waals surface area contributed by atoms with E-state index in [4.69, 9.17) is 9.26 Å². The van der Waals surface area contributed by atoms with E-state index < -0.39 is 0 Å². The normalized spacial score (nSPS) is 17.4. The van der Waals surface area contributed by atoms with Gasteiger partial charge in [0.05, 0.1) is 6.61 Å². The first kappa shape index (κ1) is 17.9.